The smallest absolute Gasteiger partial charge is 0.128 e. The van der Waals surface area contributed by atoms with Crippen LogP contribution in [0, 0.1) is 11.8 Å². The number of halogens is 2. The molecule has 2 aromatic rings. The second-order valence-corrected chi connectivity index (χ2v) is 7.29. The summed E-state index contributed by atoms with van der Waals surface area (Å²) >= 11 is 12.7. The minimum Gasteiger partial charge on any atom is -0.323 e. The number of aromatic nitrogens is 2. The number of nitrogens with zero attached hydrogens (tertiary/aromatic N) is 2. The Morgan fingerprint density at radius 1 is 1.20 bits per heavy atom. The molecule has 0 bridgehead atoms. The molecule has 0 N–H and O–H groups in total. The van der Waals surface area contributed by atoms with E-state index in [1.807, 2.05) is 19.1 Å². The number of imidazole rings is 1. The zero-order chi connectivity index (χ0) is 13.9. The number of benzene rings is 1. The quantitative estimate of drug-likeness (QED) is 0.696. The van der Waals surface area contributed by atoms with Gasteiger partial charge < -0.3 is 4.57 Å². The number of hydrogen-bond acceptors (Lipinski definition) is 1. The van der Waals surface area contributed by atoms with E-state index in [-0.39, 0.29) is 5.38 Å². The van der Waals surface area contributed by atoms with E-state index in [4.69, 9.17) is 28.2 Å². The first-order valence-electron chi connectivity index (χ1n) is 7.47. The lowest BCUT2D eigenvalue weighted by molar-refractivity contribution is 0.392. The minimum atomic E-state index is -0.0848. The van der Waals surface area contributed by atoms with Crippen molar-refractivity contribution < 1.29 is 0 Å². The molecule has 2 nitrogen and oxygen atoms in total. The summed E-state index contributed by atoms with van der Waals surface area (Å²) < 4.78 is 2.41. The van der Waals surface area contributed by atoms with Gasteiger partial charge in [-0.25, -0.2) is 4.98 Å². The lowest BCUT2D eigenvalue weighted by Gasteiger charge is -2.22. The molecule has 0 amide bonds. The molecule has 2 aliphatic rings. The van der Waals surface area contributed by atoms with Gasteiger partial charge in [-0.1, -0.05) is 17.7 Å². The first-order valence-corrected chi connectivity index (χ1v) is 8.28. The van der Waals surface area contributed by atoms with Crippen LogP contribution in [0.5, 0.6) is 0 Å². The molecule has 1 unspecified atom stereocenters. The summed E-state index contributed by atoms with van der Waals surface area (Å²) in [5.41, 5.74) is 2.06. The zero-order valence-corrected chi connectivity index (χ0v) is 13.0. The van der Waals surface area contributed by atoms with E-state index in [0.29, 0.717) is 6.04 Å². The van der Waals surface area contributed by atoms with Crippen molar-refractivity contribution in [1.82, 2.24) is 9.55 Å². The largest absolute Gasteiger partial charge is 0.323 e. The van der Waals surface area contributed by atoms with Crippen molar-refractivity contribution in [2.75, 3.05) is 0 Å². The Bertz CT molecular complexity index is 642. The number of alkyl halides is 1. The molecule has 0 spiro atoms. The van der Waals surface area contributed by atoms with Crippen molar-refractivity contribution in [1.29, 1.82) is 0 Å². The van der Waals surface area contributed by atoms with Crippen LogP contribution in [-0.4, -0.2) is 9.55 Å². The Hall–Kier alpha value is -0.730. The van der Waals surface area contributed by atoms with Crippen LogP contribution in [0.25, 0.3) is 11.0 Å². The molecule has 1 aromatic carbocycles. The van der Waals surface area contributed by atoms with Crippen molar-refractivity contribution in [3.8, 4) is 0 Å². The second-order valence-electron chi connectivity index (χ2n) is 6.23. The van der Waals surface area contributed by atoms with E-state index >= 15 is 0 Å². The summed E-state index contributed by atoms with van der Waals surface area (Å²) in [6.45, 7) is 2.00. The molecular weight excluding hydrogens is 291 g/mol. The number of fused-ring (bicyclic) bond motifs is 1. The Morgan fingerprint density at radius 2 is 1.85 bits per heavy atom. The molecule has 2 fully saturated rings. The van der Waals surface area contributed by atoms with Crippen molar-refractivity contribution in [2.24, 2.45) is 11.8 Å². The first-order chi connectivity index (χ1) is 9.66. The van der Waals surface area contributed by atoms with E-state index in [0.717, 1.165) is 33.7 Å². The van der Waals surface area contributed by atoms with Gasteiger partial charge in [0.2, 0.25) is 0 Å². The van der Waals surface area contributed by atoms with E-state index in [9.17, 15) is 0 Å². The Labute approximate surface area is 129 Å². The van der Waals surface area contributed by atoms with Gasteiger partial charge in [-0.2, -0.15) is 0 Å². The van der Waals surface area contributed by atoms with Crippen LogP contribution in [0.15, 0.2) is 18.2 Å². The monoisotopic (exact) mass is 308 g/mol. The van der Waals surface area contributed by atoms with Gasteiger partial charge in [0.05, 0.1) is 15.9 Å². The maximum atomic E-state index is 6.40. The number of rotatable bonds is 4. The molecular formula is C16H18Cl2N2. The van der Waals surface area contributed by atoms with E-state index in [2.05, 4.69) is 10.6 Å². The topological polar surface area (TPSA) is 17.8 Å². The summed E-state index contributed by atoms with van der Waals surface area (Å²) in [6, 6.07) is 6.64. The van der Waals surface area contributed by atoms with Crippen LogP contribution < -0.4 is 0 Å². The molecule has 2 aliphatic carbocycles. The molecule has 0 saturated heterocycles. The average molecular weight is 309 g/mol. The second kappa shape index (κ2) is 4.64. The van der Waals surface area contributed by atoms with Gasteiger partial charge in [0.25, 0.3) is 0 Å². The average Bonchev–Trinajstić information content (AvgIpc) is 3.29. The lowest BCUT2D eigenvalue weighted by atomic mass is 10.1. The van der Waals surface area contributed by atoms with Gasteiger partial charge in [-0.3, -0.25) is 0 Å². The first kappa shape index (κ1) is 13.0. The highest BCUT2D eigenvalue weighted by Gasteiger charge is 2.44. The third-order valence-electron chi connectivity index (χ3n) is 4.56. The third kappa shape index (κ3) is 2.05. The molecule has 0 radical (unpaired) electrons. The normalized spacial score (nSPS) is 20.8. The fraction of sp³-hybridized carbons (Fsp3) is 0.562. The fourth-order valence-electron chi connectivity index (χ4n) is 3.38. The van der Waals surface area contributed by atoms with Gasteiger partial charge >= 0.3 is 0 Å². The number of hydrogen-bond donors (Lipinski definition) is 0. The van der Waals surface area contributed by atoms with Crippen molar-refractivity contribution in [2.45, 2.75) is 44.0 Å². The molecule has 4 rings (SSSR count). The summed E-state index contributed by atoms with van der Waals surface area (Å²) in [6.07, 6.45) is 5.38. The Balaban J connectivity index is 1.95. The van der Waals surface area contributed by atoms with Crippen molar-refractivity contribution in [3.63, 3.8) is 0 Å². The predicted octanol–water partition coefficient (Wildman–Crippen LogP) is 5.35. The third-order valence-corrected chi connectivity index (χ3v) is 5.06. The summed E-state index contributed by atoms with van der Waals surface area (Å²) in [5.74, 6) is 2.61. The van der Waals surface area contributed by atoms with Gasteiger partial charge in [0.1, 0.15) is 11.3 Å². The van der Waals surface area contributed by atoms with Gasteiger partial charge in [0.15, 0.2) is 0 Å². The fourth-order valence-corrected chi connectivity index (χ4v) is 3.74. The zero-order valence-electron chi connectivity index (χ0n) is 11.5. The molecule has 106 valence electrons. The SMILES string of the molecule is CC(Cl)c1nc2c(Cl)cccc2n1C(C1CC1)C1CC1. The van der Waals surface area contributed by atoms with Crippen molar-refractivity contribution in [3.05, 3.63) is 29.0 Å². The maximum absolute atomic E-state index is 6.40. The van der Waals surface area contributed by atoms with Crippen LogP contribution in [-0.2, 0) is 0 Å². The lowest BCUT2D eigenvalue weighted by Crippen LogP contribution is -2.16. The van der Waals surface area contributed by atoms with Crippen LogP contribution in [0.1, 0.15) is 49.9 Å². The highest BCUT2D eigenvalue weighted by Crippen LogP contribution is 2.53. The van der Waals surface area contributed by atoms with E-state index < -0.39 is 0 Å². The maximum Gasteiger partial charge on any atom is 0.128 e. The van der Waals surface area contributed by atoms with Gasteiger partial charge in [0, 0.05) is 6.04 Å². The van der Waals surface area contributed by atoms with Crippen molar-refractivity contribution >= 4 is 34.2 Å². The summed E-state index contributed by atoms with van der Waals surface area (Å²) in [5, 5.41) is 0.642. The molecule has 1 aromatic heterocycles. The molecule has 4 heteroatoms. The van der Waals surface area contributed by atoms with E-state index in [1.54, 1.807) is 0 Å². The van der Waals surface area contributed by atoms with Crippen LogP contribution >= 0.6 is 23.2 Å². The molecule has 2 saturated carbocycles. The molecule has 1 atom stereocenters. The Morgan fingerprint density at radius 3 is 2.40 bits per heavy atom. The van der Waals surface area contributed by atoms with Crippen LogP contribution in [0.4, 0.5) is 0 Å². The minimum absolute atomic E-state index is 0.0848. The predicted molar refractivity (Wildman–Crippen MR) is 83.5 cm³/mol. The molecule has 20 heavy (non-hydrogen) atoms. The van der Waals surface area contributed by atoms with E-state index in [1.165, 1.54) is 25.7 Å². The Kier molecular flexibility index (Phi) is 3.01. The van der Waals surface area contributed by atoms with Crippen LogP contribution in [0.3, 0.4) is 0 Å². The standard InChI is InChI=1S/C16H18Cl2N2/c1-9(17)16-19-14-12(18)3-2-4-13(14)20(16)15(10-5-6-10)11-7-8-11/h2-4,9-11,15H,5-8H2,1H3. The molecule has 0 aliphatic heterocycles. The molecule has 1 heterocycles. The van der Waals surface area contributed by atoms with Crippen LogP contribution in [0.2, 0.25) is 5.02 Å². The van der Waals surface area contributed by atoms with Gasteiger partial charge in [-0.15, -0.1) is 11.6 Å². The summed E-state index contributed by atoms with van der Waals surface area (Å²) in [7, 11) is 0. The van der Waals surface area contributed by atoms with Gasteiger partial charge in [-0.05, 0) is 56.6 Å². The summed E-state index contributed by atoms with van der Waals surface area (Å²) in [4.78, 5) is 4.75. The highest BCUT2D eigenvalue weighted by atomic mass is 35.5. The highest BCUT2D eigenvalue weighted by molar-refractivity contribution is 6.35. The number of para-hydroxylation sites is 1.